The van der Waals surface area contributed by atoms with Crippen molar-refractivity contribution < 1.29 is 31.1 Å². The van der Waals surface area contributed by atoms with Gasteiger partial charge in [0.25, 0.3) is 5.91 Å². The van der Waals surface area contributed by atoms with E-state index in [9.17, 15) is 31.1 Å². The van der Waals surface area contributed by atoms with Crippen LogP contribution in [0.2, 0.25) is 0 Å². The highest BCUT2D eigenvalue weighted by Crippen LogP contribution is 2.44. The van der Waals surface area contributed by atoms with E-state index in [1.54, 1.807) is 0 Å². The molecule has 0 spiro atoms. The molecule has 0 radical (unpaired) electrons. The van der Waals surface area contributed by atoms with Crippen LogP contribution >= 0.6 is 11.8 Å². The van der Waals surface area contributed by atoms with Gasteiger partial charge in [-0.15, -0.1) is 11.8 Å². The number of amides is 1. The van der Waals surface area contributed by atoms with Crippen molar-refractivity contribution in [1.29, 1.82) is 0 Å². The fourth-order valence-corrected chi connectivity index (χ4v) is 3.86. The summed E-state index contributed by atoms with van der Waals surface area (Å²) in [4.78, 5) is 12.1. The fraction of sp³-hybridized carbons (Fsp3) is 0.222. The summed E-state index contributed by atoms with van der Waals surface area (Å²) in [7, 11) is 0. The largest absolute Gasteiger partial charge is 0.417 e. The Morgan fingerprint density at radius 3 is 2.14 bits per heavy atom. The predicted octanol–water partition coefficient (Wildman–Crippen LogP) is 5.33. The standard InChI is InChI=1S/C18H12F6N2OS/c19-17(20,21)13-7-3-1-5-11(13)9-25-26-15(27)10-28-16(26)12-6-2-4-8-14(12)18(22,23)24/h1-9,16H,10H2/b25-9+. The van der Waals surface area contributed by atoms with Gasteiger partial charge < -0.3 is 0 Å². The average molecular weight is 418 g/mol. The number of carbonyl (C=O) groups excluding carboxylic acids is 1. The first-order valence-corrected chi connectivity index (χ1v) is 8.94. The number of hydrazone groups is 1. The van der Waals surface area contributed by atoms with Gasteiger partial charge in [0.2, 0.25) is 0 Å². The fourth-order valence-electron chi connectivity index (χ4n) is 2.73. The zero-order valence-corrected chi connectivity index (χ0v) is 14.8. The molecule has 0 N–H and O–H groups in total. The van der Waals surface area contributed by atoms with Crippen LogP contribution in [0.1, 0.15) is 27.6 Å². The van der Waals surface area contributed by atoms with Crippen molar-refractivity contribution in [2.45, 2.75) is 17.7 Å². The van der Waals surface area contributed by atoms with Gasteiger partial charge in [0.15, 0.2) is 0 Å². The van der Waals surface area contributed by atoms with Gasteiger partial charge in [0.05, 0.1) is 23.1 Å². The van der Waals surface area contributed by atoms with Crippen LogP contribution in [0.15, 0.2) is 53.6 Å². The van der Waals surface area contributed by atoms with Gasteiger partial charge in [-0.2, -0.15) is 31.4 Å². The second-order valence-corrected chi connectivity index (χ2v) is 6.88. The van der Waals surface area contributed by atoms with E-state index in [0.717, 1.165) is 35.1 Å². The average Bonchev–Trinajstić information content (AvgIpc) is 2.99. The molecule has 1 aliphatic heterocycles. The van der Waals surface area contributed by atoms with E-state index in [4.69, 9.17) is 0 Å². The van der Waals surface area contributed by atoms with Crippen molar-refractivity contribution in [2.24, 2.45) is 5.10 Å². The molecule has 148 valence electrons. The van der Waals surface area contributed by atoms with Crippen molar-refractivity contribution in [3.05, 3.63) is 70.8 Å². The van der Waals surface area contributed by atoms with Crippen LogP contribution in [0.3, 0.4) is 0 Å². The first-order chi connectivity index (χ1) is 13.1. The smallest absolute Gasteiger partial charge is 0.272 e. The quantitative estimate of drug-likeness (QED) is 0.499. The van der Waals surface area contributed by atoms with Crippen LogP contribution in [0.5, 0.6) is 0 Å². The number of halogens is 6. The van der Waals surface area contributed by atoms with Gasteiger partial charge in [-0.05, 0) is 17.7 Å². The monoisotopic (exact) mass is 418 g/mol. The molecule has 1 fully saturated rings. The summed E-state index contributed by atoms with van der Waals surface area (Å²) in [6.07, 6.45) is -8.43. The van der Waals surface area contributed by atoms with E-state index < -0.39 is 34.8 Å². The minimum atomic E-state index is -4.64. The third-order valence-corrected chi connectivity index (χ3v) is 5.14. The third-order valence-electron chi connectivity index (χ3n) is 3.96. The normalized spacial score (nSPS) is 18.3. The first kappa shape index (κ1) is 20.2. The van der Waals surface area contributed by atoms with Gasteiger partial charge in [-0.25, -0.2) is 5.01 Å². The number of benzene rings is 2. The lowest BCUT2D eigenvalue weighted by molar-refractivity contribution is -0.139. The first-order valence-electron chi connectivity index (χ1n) is 7.89. The molecular weight excluding hydrogens is 406 g/mol. The van der Waals surface area contributed by atoms with Gasteiger partial charge in [0.1, 0.15) is 5.37 Å². The Morgan fingerprint density at radius 2 is 1.50 bits per heavy atom. The SMILES string of the molecule is O=C1CSC(c2ccccc2C(F)(F)F)N1/N=C/c1ccccc1C(F)(F)F. The maximum absolute atomic E-state index is 13.3. The zero-order chi connectivity index (χ0) is 20.5. The topological polar surface area (TPSA) is 32.7 Å². The molecule has 28 heavy (non-hydrogen) atoms. The predicted molar refractivity (Wildman–Crippen MR) is 92.5 cm³/mol. The Morgan fingerprint density at radius 1 is 0.929 bits per heavy atom. The highest BCUT2D eigenvalue weighted by molar-refractivity contribution is 8.00. The van der Waals surface area contributed by atoms with Gasteiger partial charge in [-0.3, -0.25) is 4.79 Å². The number of rotatable bonds is 3. The van der Waals surface area contributed by atoms with Gasteiger partial charge in [-0.1, -0.05) is 36.4 Å². The molecule has 10 heteroatoms. The molecular formula is C18H12F6N2OS. The molecule has 2 aromatic rings. The number of thioether (sulfide) groups is 1. The van der Waals surface area contributed by atoms with E-state index in [1.807, 2.05) is 0 Å². The van der Waals surface area contributed by atoms with E-state index >= 15 is 0 Å². The van der Waals surface area contributed by atoms with Crippen LogP contribution in [-0.2, 0) is 17.1 Å². The molecule has 3 rings (SSSR count). The lowest BCUT2D eigenvalue weighted by Gasteiger charge is -2.22. The number of hydrogen-bond donors (Lipinski definition) is 0. The molecule has 1 aliphatic rings. The van der Waals surface area contributed by atoms with Crippen molar-refractivity contribution in [1.82, 2.24) is 5.01 Å². The lowest BCUT2D eigenvalue weighted by Crippen LogP contribution is -2.24. The van der Waals surface area contributed by atoms with Crippen LogP contribution in [0.25, 0.3) is 0 Å². The molecule has 1 unspecified atom stereocenters. The molecule has 0 bridgehead atoms. The van der Waals surface area contributed by atoms with E-state index in [-0.39, 0.29) is 16.9 Å². The summed E-state index contributed by atoms with van der Waals surface area (Å²) >= 11 is 0.927. The van der Waals surface area contributed by atoms with Gasteiger partial charge >= 0.3 is 12.4 Å². The molecule has 0 saturated carbocycles. The van der Waals surface area contributed by atoms with Gasteiger partial charge in [0, 0.05) is 5.56 Å². The highest BCUT2D eigenvalue weighted by Gasteiger charge is 2.40. The van der Waals surface area contributed by atoms with Crippen LogP contribution in [-0.4, -0.2) is 22.9 Å². The highest BCUT2D eigenvalue weighted by atomic mass is 32.2. The number of nitrogens with zero attached hydrogens (tertiary/aromatic N) is 2. The lowest BCUT2D eigenvalue weighted by atomic mass is 10.1. The van der Waals surface area contributed by atoms with Crippen molar-refractivity contribution in [3.8, 4) is 0 Å². The Labute approximate surface area is 160 Å². The minimum absolute atomic E-state index is 0.130. The Hall–Kier alpha value is -2.49. The summed E-state index contributed by atoms with van der Waals surface area (Å²) in [6.45, 7) is 0. The van der Waals surface area contributed by atoms with Crippen molar-refractivity contribution >= 4 is 23.9 Å². The number of alkyl halides is 6. The molecule has 0 aromatic heterocycles. The molecule has 0 aliphatic carbocycles. The third kappa shape index (κ3) is 4.16. The molecule has 1 heterocycles. The maximum Gasteiger partial charge on any atom is 0.417 e. The summed E-state index contributed by atoms with van der Waals surface area (Å²) < 4.78 is 79.1. The van der Waals surface area contributed by atoms with Crippen LogP contribution in [0, 0.1) is 0 Å². The molecule has 2 aromatic carbocycles. The second kappa shape index (κ2) is 7.50. The van der Waals surface area contributed by atoms with E-state index in [2.05, 4.69) is 5.10 Å². The maximum atomic E-state index is 13.3. The zero-order valence-electron chi connectivity index (χ0n) is 14.0. The Balaban J connectivity index is 1.97. The van der Waals surface area contributed by atoms with Crippen molar-refractivity contribution in [2.75, 3.05) is 5.75 Å². The number of hydrogen-bond acceptors (Lipinski definition) is 3. The molecule has 1 amide bonds. The molecule has 3 nitrogen and oxygen atoms in total. The van der Waals surface area contributed by atoms with Crippen LogP contribution < -0.4 is 0 Å². The summed E-state index contributed by atoms with van der Waals surface area (Å²) in [6, 6.07) is 9.34. The van der Waals surface area contributed by atoms with Crippen LogP contribution in [0.4, 0.5) is 26.3 Å². The Kier molecular flexibility index (Phi) is 5.42. The summed E-state index contributed by atoms with van der Waals surface area (Å²) in [5.74, 6) is -0.720. The summed E-state index contributed by atoms with van der Waals surface area (Å²) in [5.41, 5.74) is -2.34. The number of carbonyl (C=O) groups is 1. The van der Waals surface area contributed by atoms with E-state index in [1.165, 1.54) is 36.4 Å². The Bertz CT molecular complexity index is 909. The molecule has 1 saturated heterocycles. The van der Waals surface area contributed by atoms with E-state index in [0.29, 0.717) is 0 Å². The minimum Gasteiger partial charge on any atom is -0.272 e. The summed E-state index contributed by atoms with van der Waals surface area (Å²) in [5, 5.41) is 3.51. The van der Waals surface area contributed by atoms with Crippen molar-refractivity contribution in [3.63, 3.8) is 0 Å². The molecule has 1 atom stereocenters. The second-order valence-electron chi connectivity index (χ2n) is 5.82.